The molecule has 2 unspecified atom stereocenters. The SMILES string of the molecule is COc1cc(OC)nc(N2CCC(C)C(Cl)C2)n1. The molecule has 2 atom stereocenters. The maximum atomic E-state index is 6.30. The van der Waals surface area contributed by atoms with Crippen molar-refractivity contribution in [2.45, 2.75) is 18.7 Å². The minimum absolute atomic E-state index is 0.125. The van der Waals surface area contributed by atoms with Crippen LogP contribution in [0.1, 0.15) is 13.3 Å². The van der Waals surface area contributed by atoms with E-state index in [0.717, 1.165) is 19.5 Å². The number of aromatic nitrogens is 2. The molecule has 18 heavy (non-hydrogen) atoms. The highest BCUT2D eigenvalue weighted by molar-refractivity contribution is 6.21. The Bertz CT molecular complexity index is 394. The number of alkyl halides is 1. The van der Waals surface area contributed by atoms with Crippen LogP contribution < -0.4 is 14.4 Å². The van der Waals surface area contributed by atoms with Gasteiger partial charge in [-0.15, -0.1) is 11.6 Å². The molecule has 0 bridgehead atoms. The third kappa shape index (κ3) is 2.77. The van der Waals surface area contributed by atoms with E-state index in [1.165, 1.54) is 0 Å². The van der Waals surface area contributed by atoms with Crippen molar-refractivity contribution in [2.24, 2.45) is 5.92 Å². The molecule has 5 nitrogen and oxygen atoms in total. The fourth-order valence-electron chi connectivity index (χ4n) is 1.95. The van der Waals surface area contributed by atoms with E-state index in [9.17, 15) is 0 Å². The second-order valence-corrected chi connectivity index (χ2v) is 5.04. The summed E-state index contributed by atoms with van der Waals surface area (Å²) in [5, 5.41) is 0.125. The Hall–Kier alpha value is -1.23. The minimum atomic E-state index is 0.125. The molecular formula is C12H18ClN3O2. The van der Waals surface area contributed by atoms with Crippen LogP contribution in [0.3, 0.4) is 0 Å². The van der Waals surface area contributed by atoms with E-state index in [1.807, 2.05) is 0 Å². The van der Waals surface area contributed by atoms with Crippen LogP contribution in [0.5, 0.6) is 11.8 Å². The minimum Gasteiger partial charge on any atom is -0.481 e. The van der Waals surface area contributed by atoms with Crippen molar-refractivity contribution in [1.29, 1.82) is 0 Å². The first-order valence-electron chi connectivity index (χ1n) is 6.00. The van der Waals surface area contributed by atoms with Gasteiger partial charge in [0.15, 0.2) is 0 Å². The molecule has 2 rings (SSSR count). The van der Waals surface area contributed by atoms with Crippen LogP contribution in [0.15, 0.2) is 6.07 Å². The Kier molecular flexibility index (Phi) is 4.11. The Balaban J connectivity index is 2.22. The van der Waals surface area contributed by atoms with Gasteiger partial charge in [0.05, 0.1) is 25.7 Å². The monoisotopic (exact) mass is 271 g/mol. The van der Waals surface area contributed by atoms with E-state index in [-0.39, 0.29) is 5.38 Å². The Morgan fingerprint density at radius 3 is 2.39 bits per heavy atom. The molecule has 100 valence electrons. The molecule has 0 N–H and O–H groups in total. The standard InChI is InChI=1S/C12H18ClN3O2/c1-8-4-5-16(7-9(8)13)12-14-10(17-2)6-11(15-12)18-3/h6,8-9H,4-5,7H2,1-3H3. The van der Waals surface area contributed by atoms with Gasteiger partial charge in [0.1, 0.15) is 0 Å². The molecule has 0 aromatic carbocycles. The van der Waals surface area contributed by atoms with Crippen LogP contribution in [-0.4, -0.2) is 42.7 Å². The number of hydrogen-bond donors (Lipinski definition) is 0. The van der Waals surface area contributed by atoms with Gasteiger partial charge in [0, 0.05) is 13.1 Å². The summed E-state index contributed by atoms with van der Waals surface area (Å²) in [6.07, 6.45) is 1.04. The topological polar surface area (TPSA) is 47.5 Å². The molecule has 0 saturated carbocycles. The van der Waals surface area contributed by atoms with Gasteiger partial charge in [-0.1, -0.05) is 6.92 Å². The van der Waals surface area contributed by atoms with Gasteiger partial charge in [0.25, 0.3) is 0 Å². The van der Waals surface area contributed by atoms with E-state index in [1.54, 1.807) is 20.3 Å². The predicted molar refractivity (Wildman–Crippen MR) is 70.8 cm³/mol. The van der Waals surface area contributed by atoms with Gasteiger partial charge in [-0.2, -0.15) is 9.97 Å². The first kappa shape index (κ1) is 13.2. The molecule has 1 aliphatic heterocycles. The number of rotatable bonds is 3. The summed E-state index contributed by atoms with van der Waals surface area (Å²) in [5.41, 5.74) is 0. The molecule has 0 aliphatic carbocycles. The maximum Gasteiger partial charge on any atom is 0.232 e. The molecule has 1 saturated heterocycles. The quantitative estimate of drug-likeness (QED) is 0.787. The largest absolute Gasteiger partial charge is 0.481 e. The smallest absolute Gasteiger partial charge is 0.232 e. The summed E-state index contributed by atoms with van der Waals surface area (Å²) < 4.78 is 10.3. The van der Waals surface area contributed by atoms with Crippen molar-refractivity contribution >= 4 is 17.5 Å². The van der Waals surface area contributed by atoms with Gasteiger partial charge < -0.3 is 14.4 Å². The van der Waals surface area contributed by atoms with Crippen LogP contribution >= 0.6 is 11.6 Å². The average Bonchev–Trinajstić information content (AvgIpc) is 2.41. The number of methoxy groups -OCH3 is 2. The fraction of sp³-hybridized carbons (Fsp3) is 0.667. The van der Waals surface area contributed by atoms with Gasteiger partial charge in [-0.05, 0) is 12.3 Å². The highest BCUT2D eigenvalue weighted by Crippen LogP contribution is 2.26. The van der Waals surface area contributed by atoms with E-state index in [4.69, 9.17) is 21.1 Å². The van der Waals surface area contributed by atoms with E-state index in [0.29, 0.717) is 23.6 Å². The molecular weight excluding hydrogens is 254 g/mol. The highest BCUT2D eigenvalue weighted by Gasteiger charge is 2.26. The first-order chi connectivity index (χ1) is 8.63. The van der Waals surface area contributed by atoms with E-state index >= 15 is 0 Å². The fourth-order valence-corrected chi connectivity index (χ4v) is 2.24. The molecule has 1 fully saturated rings. The van der Waals surface area contributed by atoms with E-state index < -0.39 is 0 Å². The number of anilines is 1. The number of halogens is 1. The summed E-state index contributed by atoms with van der Waals surface area (Å²) in [6, 6.07) is 1.66. The lowest BCUT2D eigenvalue weighted by molar-refractivity contribution is 0.369. The zero-order valence-corrected chi connectivity index (χ0v) is 11.6. The Morgan fingerprint density at radius 2 is 1.89 bits per heavy atom. The summed E-state index contributed by atoms with van der Waals surface area (Å²) in [4.78, 5) is 10.7. The van der Waals surface area contributed by atoms with Crippen LogP contribution in [0.4, 0.5) is 5.95 Å². The number of nitrogens with zero attached hydrogens (tertiary/aromatic N) is 3. The lowest BCUT2D eigenvalue weighted by Gasteiger charge is -2.34. The molecule has 0 radical (unpaired) electrons. The number of piperidine rings is 1. The number of hydrogen-bond acceptors (Lipinski definition) is 5. The second kappa shape index (κ2) is 5.61. The maximum absolute atomic E-state index is 6.30. The van der Waals surface area contributed by atoms with Gasteiger partial charge in [-0.25, -0.2) is 0 Å². The van der Waals surface area contributed by atoms with Crippen molar-refractivity contribution in [3.8, 4) is 11.8 Å². The third-order valence-corrected chi connectivity index (χ3v) is 3.80. The van der Waals surface area contributed by atoms with Crippen molar-refractivity contribution in [1.82, 2.24) is 9.97 Å². The van der Waals surface area contributed by atoms with Gasteiger partial charge >= 0.3 is 0 Å². The molecule has 0 spiro atoms. The normalized spacial score (nSPS) is 23.9. The summed E-state index contributed by atoms with van der Waals surface area (Å²) in [5.74, 6) is 2.14. The first-order valence-corrected chi connectivity index (χ1v) is 6.43. The predicted octanol–water partition coefficient (Wildman–Crippen LogP) is 1.95. The molecule has 1 aromatic heterocycles. The van der Waals surface area contributed by atoms with Gasteiger partial charge in [-0.3, -0.25) is 0 Å². The molecule has 1 aromatic rings. The van der Waals surface area contributed by atoms with Crippen molar-refractivity contribution in [2.75, 3.05) is 32.2 Å². The zero-order chi connectivity index (χ0) is 13.1. The average molecular weight is 272 g/mol. The lowest BCUT2D eigenvalue weighted by atomic mass is 9.99. The van der Waals surface area contributed by atoms with Crippen LogP contribution in [0, 0.1) is 5.92 Å². The highest BCUT2D eigenvalue weighted by atomic mass is 35.5. The molecule has 1 aliphatic rings. The summed E-state index contributed by atoms with van der Waals surface area (Å²) >= 11 is 6.30. The Morgan fingerprint density at radius 1 is 1.28 bits per heavy atom. The summed E-state index contributed by atoms with van der Waals surface area (Å²) in [6.45, 7) is 3.82. The summed E-state index contributed by atoms with van der Waals surface area (Å²) in [7, 11) is 3.16. The van der Waals surface area contributed by atoms with Crippen molar-refractivity contribution < 1.29 is 9.47 Å². The van der Waals surface area contributed by atoms with Crippen molar-refractivity contribution in [3.63, 3.8) is 0 Å². The third-order valence-electron chi connectivity index (χ3n) is 3.24. The number of ether oxygens (including phenoxy) is 2. The zero-order valence-electron chi connectivity index (χ0n) is 10.9. The second-order valence-electron chi connectivity index (χ2n) is 4.48. The van der Waals surface area contributed by atoms with Crippen LogP contribution in [-0.2, 0) is 0 Å². The van der Waals surface area contributed by atoms with Crippen LogP contribution in [0.2, 0.25) is 0 Å². The van der Waals surface area contributed by atoms with Crippen LogP contribution in [0.25, 0.3) is 0 Å². The van der Waals surface area contributed by atoms with Crippen molar-refractivity contribution in [3.05, 3.63) is 6.07 Å². The molecule has 6 heteroatoms. The molecule has 2 heterocycles. The van der Waals surface area contributed by atoms with Gasteiger partial charge in [0.2, 0.25) is 17.7 Å². The van der Waals surface area contributed by atoms with E-state index in [2.05, 4.69) is 21.8 Å². The lowest BCUT2D eigenvalue weighted by Crippen LogP contribution is -2.41. The molecule has 0 amide bonds. The Labute approximate surface area is 112 Å².